The highest BCUT2D eigenvalue weighted by Crippen LogP contribution is 2.29. The molecule has 1 aromatic heterocycles. The Bertz CT molecular complexity index is 871. The quantitative estimate of drug-likeness (QED) is 0.785. The molecule has 0 aliphatic carbocycles. The number of nitrogens with one attached hydrogen (secondary N) is 1. The number of rotatable bonds is 4. The Hall–Kier alpha value is -2.40. The van der Waals surface area contributed by atoms with Gasteiger partial charge in [-0.25, -0.2) is 4.98 Å². The molecule has 4 nitrogen and oxygen atoms in total. The first-order valence-electron chi connectivity index (χ1n) is 7.36. The SMILES string of the molecule is COc1ccc2nc(NC(=O)Cc3ccc(C)cc3C)sc2c1. The molecular weight excluding hydrogens is 308 g/mol. The second kappa shape index (κ2) is 6.38. The zero-order valence-electron chi connectivity index (χ0n) is 13.3. The smallest absolute Gasteiger partial charge is 0.230 e. The van der Waals surface area contributed by atoms with E-state index in [9.17, 15) is 4.79 Å². The first-order chi connectivity index (χ1) is 11.0. The number of methoxy groups -OCH3 is 1. The van der Waals surface area contributed by atoms with Gasteiger partial charge in [0.15, 0.2) is 5.13 Å². The summed E-state index contributed by atoms with van der Waals surface area (Å²) in [6.07, 6.45) is 0.353. The van der Waals surface area contributed by atoms with Crippen molar-refractivity contribution in [3.8, 4) is 5.75 Å². The summed E-state index contributed by atoms with van der Waals surface area (Å²) in [6, 6.07) is 11.8. The molecule has 3 rings (SSSR count). The van der Waals surface area contributed by atoms with E-state index in [-0.39, 0.29) is 5.91 Å². The lowest BCUT2D eigenvalue weighted by Gasteiger charge is -2.06. The number of hydrogen-bond donors (Lipinski definition) is 1. The number of carbonyl (C=O) groups excluding carboxylic acids is 1. The molecule has 0 atom stereocenters. The number of aromatic nitrogens is 1. The maximum absolute atomic E-state index is 12.2. The Balaban J connectivity index is 1.74. The monoisotopic (exact) mass is 326 g/mol. The molecule has 1 heterocycles. The highest BCUT2D eigenvalue weighted by molar-refractivity contribution is 7.22. The zero-order valence-corrected chi connectivity index (χ0v) is 14.2. The van der Waals surface area contributed by atoms with Gasteiger partial charge in [-0.3, -0.25) is 4.79 Å². The fraction of sp³-hybridized carbons (Fsp3) is 0.222. The Morgan fingerprint density at radius 2 is 2.04 bits per heavy atom. The lowest BCUT2D eigenvalue weighted by molar-refractivity contribution is -0.115. The van der Waals surface area contributed by atoms with Crippen molar-refractivity contribution in [2.24, 2.45) is 0 Å². The minimum atomic E-state index is -0.0528. The number of thiazole rings is 1. The molecule has 0 aliphatic heterocycles. The molecule has 3 aromatic rings. The first-order valence-corrected chi connectivity index (χ1v) is 8.17. The van der Waals surface area contributed by atoms with Crippen LogP contribution in [0.25, 0.3) is 10.2 Å². The van der Waals surface area contributed by atoms with Crippen LogP contribution in [0.1, 0.15) is 16.7 Å². The molecule has 0 saturated heterocycles. The summed E-state index contributed by atoms with van der Waals surface area (Å²) in [5.41, 5.74) is 4.23. The number of nitrogens with zero attached hydrogens (tertiary/aromatic N) is 1. The molecule has 1 N–H and O–H groups in total. The molecule has 0 aliphatic rings. The minimum absolute atomic E-state index is 0.0528. The maximum Gasteiger partial charge on any atom is 0.230 e. The third kappa shape index (κ3) is 3.51. The van der Waals surface area contributed by atoms with E-state index in [4.69, 9.17) is 4.74 Å². The molecule has 0 saturated carbocycles. The molecule has 23 heavy (non-hydrogen) atoms. The molecule has 2 aromatic carbocycles. The van der Waals surface area contributed by atoms with Crippen LogP contribution in [0.3, 0.4) is 0 Å². The number of amides is 1. The van der Waals surface area contributed by atoms with Gasteiger partial charge in [0.05, 0.1) is 23.7 Å². The van der Waals surface area contributed by atoms with Crippen molar-refractivity contribution in [1.82, 2.24) is 4.98 Å². The second-order valence-electron chi connectivity index (χ2n) is 5.51. The van der Waals surface area contributed by atoms with Crippen molar-refractivity contribution in [2.45, 2.75) is 20.3 Å². The number of fused-ring (bicyclic) bond motifs is 1. The predicted molar refractivity (Wildman–Crippen MR) is 94.4 cm³/mol. The van der Waals surface area contributed by atoms with Crippen molar-refractivity contribution < 1.29 is 9.53 Å². The second-order valence-corrected chi connectivity index (χ2v) is 6.54. The summed E-state index contributed by atoms with van der Waals surface area (Å²) in [5.74, 6) is 0.734. The van der Waals surface area contributed by atoms with Gasteiger partial charge in [0.25, 0.3) is 0 Å². The highest BCUT2D eigenvalue weighted by Gasteiger charge is 2.10. The largest absolute Gasteiger partial charge is 0.497 e. The molecule has 118 valence electrons. The zero-order chi connectivity index (χ0) is 16.4. The van der Waals surface area contributed by atoms with Crippen molar-refractivity contribution >= 4 is 32.6 Å². The highest BCUT2D eigenvalue weighted by atomic mass is 32.1. The van der Waals surface area contributed by atoms with E-state index in [0.29, 0.717) is 11.6 Å². The molecule has 1 amide bonds. The summed E-state index contributed by atoms with van der Waals surface area (Å²) in [7, 11) is 1.63. The van der Waals surface area contributed by atoms with Crippen LogP contribution < -0.4 is 10.1 Å². The van der Waals surface area contributed by atoms with Crippen LogP contribution in [0.4, 0.5) is 5.13 Å². The van der Waals surface area contributed by atoms with Crippen LogP contribution in [-0.4, -0.2) is 18.0 Å². The van der Waals surface area contributed by atoms with Gasteiger partial charge in [0.1, 0.15) is 5.75 Å². The fourth-order valence-corrected chi connectivity index (χ4v) is 3.38. The van der Waals surface area contributed by atoms with Crippen LogP contribution >= 0.6 is 11.3 Å². The molecule has 5 heteroatoms. The van der Waals surface area contributed by atoms with E-state index in [1.807, 2.05) is 44.2 Å². The van der Waals surface area contributed by atoms with Gasteiger partial charge >= 0.3 is 0 Å². The van der Waals surface area contributed by atoms with Crippen molar-refractivity contribution in [2.75, 3.05) is 12.4 Å². The lowest BCUT2D eigenvalue weighted by Crippen LogP contribution is -2.14. The van der Waals surface area contributed by atoms with Gasteiger partial charge in [-0.15, -0.1) is 0 Å². The minimum Gasteiger partial charge on any atom is -0.497 e. The van der Waals surface area contributed by atoms with E-state index in [1.165, 1.54) is 16.9 Å². The Labute approximate surface area is 139 Å². The molecule has 0 unspecified atom stereocenters. The van der Waals surface area contributed by atoms with Crippen LogP contribution in [0.15, 0.2) is 36.4 Å². The third-order valence-corrected chi connectivity index (χ3v) is 4.62. The number of carbonyl (C=O) groups is 1. The van der Waals surface area contributed by atoms with Gasteiger partial charge in [-0.2, -0.15) is 0 Å². The third-order valence-electron chi connectivity index (χ3n) is 3.69. The van der Waals surface area contributed by atoms with Gasteiger partial charge < -0.3 is 10.1 Å². The molecular formula is C18H18N2O2S. The average molecular weight is 326 g/mol. The number of aryl methyl sites for hydroxylation is 2. The molecule has 0 bridgehead atoms. The first kappa shape index (κ1) is 15.5. The average Bonchev–Trinajstić information content (AvgIpc) is 2.91. The van der Waals surface area contributed by atoms with Gasteiger partial charge in [0.2, 0.25) is 5.91 Å². The van der Waals surface area contributed by atoms with Crippen molar-refractivity contribution in [1.29, 1.82) is 0 Å². The summed E-state index contributed by atoms with van der Waals surface area (Å²) in [6.45, 7) is 4.08. The fourth-order valence-electron chi connectivity index (χ4n) is 2.47. The molecule has 0 radical (unpaired) electrons. The summed E-state index contributed by atoms with van der Waals surface area (Å²) >= 11 is 1.45. The van der Waals surface area contributed by atoms with E-state index >= 15 is 0 Å². The predicted octanol–water partition coefficient (Wildman–Crippen LogP) is 4.10. The lowest BCUT2D eigenvalue weighted by atomic mass is 10.0. The summed E-state index contributed by atoms with van der Waals surface area (Å²) < 4.78 is 6.20. The maximum atomic E-state index is 12.2. The van der Waals surface area contributed by atoms with Crippen LogP contribution in [0.2, 0.25) is 0 Å². The Kier molecular flexibility index (Phi) is 4.30. The van der Waals surface area contributed by atoms with Gasteiger partial charge in [-0.05, 0) is 43.2 Å². The Morgan fingerprint density at radius 1 is 1.22 bits per heavy atom. The molecule has 0 fully saturated rings. The van der Waals surface area contributed by atoms with E-state index in [0.717, 1.165) is 27.1 Å². The van der Waals surface area contributed by atoms with E-state index in [1.54, 1.807) is 7.11 Å². The normalized spacial score (nSPS) is 10.7. The number of ether oxygens (including phenoxy) is 1. The van der Waals surface area contributed by atoms with Crippen LogP contribution in [0, 0.1) is 13.8 Å². The van der Waals surface area contributed by atoms with Gasteiger partial charge in [0, 0.05) is 0 Å². The van der Waals surface area contributed by atoms with Crippen molar-refractivity contribution in [3.63, 3.8) is 0 Å². The van der Waals surface area contributed by atoms with Crippen LogP contribution in [0.5, 0.6) is 5.75 Å². The summed E-state index contributed by atoms with van der Waals surface area (Å²) in [4.78, 5) is 16.7. The standard InChI is InChI=1S/C18H18N2O2S/c1-11-4-5-13(12(2)8-11)9-17(21)20-18-19-15-7-6-14(22-3)10-16(15)23-18/h4-8,10H,9H2,1-3H3,(H,19,20,21). The number of hydrogen-bond acceptors (Lipinski definition) is 4. The van der Waals surface area contributed by atoms with Crippen molar-refractivity contribution in [3.05, 3.63) is 53.1 Å². The van der Waals surface area contributed by atoms with Crippen LogP contribution in [-0.2, 0) is 11.2 Å². The molecule has 0 spiro atoms. The van der Waals surface area contributed by atoms with E-state index in [2.05, 4.69) is 16.4 Å². The Morgan fingerprint density at radius 3 is 2.78 bits per heavy atom. The topological polar surface area (TPSA) is 51.2 Å². The van der Waals surface area contributed by atoms with E-state index < -0.39 is 0 Å². The number of anilines is 1. The summed E-state index contributed by atoms with van der Waals surface area (Å²) in [5, 5.41) is 3.50. The van der Waals surface area contributed by atoms with Gasteiger partial charge in [-0.1, -0.05) is 35.1 Å². The number of benzene rings is 2.